The average molecular weight is 248 g/mol. The molecule has 2 aliphatic rings. The van der Waals surface area contributed by atoms with Gasteiger partial charge in [0, 0.05) is 37.9 Å². The summed E-state index contributed by atoms with van der Waals surface area (Å²) in [7, 11) is 2.04. The van der Waals surface area contributed by atoms with Gasteiger partial charge in [0.1, 0.15) is 0 Å². The largest absolute Gasteiger partial charge is 0.316 e. The number of aryl methyl sites for hydroxylation is 2. The highest BCUT2D eigenvalue weighted by molar-refractivity contribution is 5.24. The first-order valence-electron chi connectivity index (χ1n) is 7.02. The fourth-order valence-corrected chi connectivity index (χ4v) is 3.58. The lowest BCUT2D eigenvalue weighted by atomic mass is 9.86. The van der Waals surface area contributed by atoms with Crippen molar-refractivity contribution in [1.82, 2.24) is 20.0 Å². The van der Waals surface area contributed by atoms with Crippen molar-refractivity contribution in [3.63, 3.8) is 0 Å². The third-order valence-corrected chi connectivity index (χ3v) is 4.89. The lowest BCUT2D eigenvalue weighted by Crippen LogP contribution is -2.29. The van der Waals surface area contributed by atoms with Crippen LogP contribution in [-0.4, -0.2) is 40.9 Å². The first-order chi connectivity index (χ1) is 8.60. The Labute approximate surface area is 109 Å². The number of hydrogen-bond donors (Lipinski definition) is 1. The van der Waals surface area contributed by atoms with Gasteiger partial charge in [-0.1, -0.05) is 0 Å². The molecular formula is C14H24N4. The highest BCUT2D eigenvalue weighted by atomic mass is 15.3. The Hall–Kier alpha value is -0.870. The summed E-state index contributed by atoms with van der Waals surface area (Å²) in [5.74, 6) is 0. The zero-order valence-corrected chi connectivity index (χ0v) is 11.8. The number of aromatic nitrogens is 2. The van der Waals surface area contributed by atoms with E-state index in [-0.39, 0.29) is 0 Å². The monoisotopic (exact) mass is 248 g/mol. The Balaban J connectivity index is 1.71. The van der Waals surface area contributed by atoms with Crippen LogP contribution in [0.2, 0.25) is 0 Å². The molecule has 4 nitrogen and oxygen atoms in total. The van der Waals surface area contributed by atoms with Gasteiger partial charge in [-0.3, -0.25) is 9.58 Å². The van der Waals surface area contributed by atoms with E-state index >= 15 is 0 Å². The van der Waals surface area contributed by atoms with Crippen LogP contribution in [0.4, 0.5) is 0 Å². The second-order valence-corrected chi connectivity index (χ2v) is 6.16. The second-order valence-electron chi connectivity index (χ2n) is 6.16. The van der Waals surface area contributed by atoms with Crippen molar-refractivity contribution in [2.24, 2.45) is 12.5 Å². The van der Waals surface area contributed by atoms with E-state index in [4.69, 9.17) is 0 Å². The fraction of sp³-hybridized carbons (Fsp3) is 0.786. The molecule has 100 valence electrons. The van der Waals surface area contributed by atoms with Crippen LogP contribution in [0.3, 0.4) is 0 Å². The van der Waals surface area contributed by atoms with E-state index in [2.05, 4.69) is 29.2 Å². The van der Waals surface area contributed by atoms with E-state index in [1.165, 1.54) is 56.0 Å². The lowest BCUT2D eigenvalue weighted by molar-refractivity contribution is 0.268. The van der Waals surface area contributed by atoms with Crippen LogP contribution in [-0.2, 0) is 13.6 Å². The standard InChI is InChI=1S/C14H24N4/c1-11-13(12(2)17(3)16-11)8-18-7-5-14(10-18)4-6-15-9-14/h15H,4-10H2,1-3H3. The molecule has 1 spiro atoms. The molecule has 2 fully saturated rings. The summed E-state index contributed by atoms with van der Waals surface area (Å²) in [5, 5.41) is 8.04. The molecule has 1 unspecified atom stereocenters. The van der Waals surface area contributed by atoms with Gasteiger partial charge in [-0.2, -0.15) is 5.10 Å². The Kier molecular flexibility index (Phi) is 2.94. The Bertz CT molecular complexity index is 443. The molecule has 0 saturated carbocycles. The van der Waals surface area contributed by atoms with Crippen molar-refractivity contribution < 1.29 is 0 Å². The van der Waals surface area contributed by atoms with Gasteiger partial charge in [0.2, 0.25) is 0 Å². The van der Waals surface area contributed by atoms with E-state index in [0.717, 1.165) is 6.54 Å². The van der Waals surface area contributed by atoms with Crippen molar-refractivity contribution in [2.75, 3.05) is 26.2 Å². The molecule has 1 N–H and O–H groups in total. The van der Waals surface area contributed by atoms with Crippen LogP contribution in [0, 0.1) is 19.3 Å². The number of nitrogens with one attached hydrogen (secondary N) is 1. The van der Waals surface area contributed by atoms with E-state index in [0.29, 0.717) is 5.41 Å². The Morgan fingerprint density at radius 3 is 2.78 bits per heavy atom. The summed E-state index contributed by atoms with van der Waals surface area (Å²) in [4.78, 5) is 2.62. The maximum absolute atomic E-state index is 4.52. The average Bonchev–Trinajstić information content (AvgIpc) is 3.01. The van der Waals surface area contributed by atoms with Crippen molar-refractivity contribution in [3.8, 4) is 0 Å². The van der Waals surface area contributed by atoms with Crippen molar-refractivity contribution in [3.05, 3.63) is 17.0 Å². The van der Waals surface area contributed by atoms with E-state index < -0.39 is 0 Å². The molecule has 2 aliphatic heterocycles. The molecule has 0 aromatic carbocycles. The van der Waals surface area contributed by atoms with Gasteiger partial charge in [-0.05, 0) is 45.2 Å². The molecule has 1 atom stereocenters. The summed E-state index contributed by atoms with van der Waals surface area (Å²) in [6.07, 6.45) is 2.72. The number of hydrogen-bond acceptors (Lipinski definition) is 3. The SMILES string of the molecule is Cc1nn(C)c(C)c1CN1CCC2(CCNC2)C1. The molecule has 3 rings (SSSR count). The lowest BCUT2D eigenvalue weighted by Gasteiger charge is -2.22. The Morgan fingerprint density at radius 2 is 2.17 bits per heavy atom. The van der Waals surface area contributed by atoms with E-state index in [1.807, 2.05) is 11.7 Å². The highest BCUT2D eigenvalue weighted by Gasteiger charge is 2.40. The second kappa shape index (κ2) is 4.35. The minimum atomic E-state index is 0.573. The summed E-state index contributed by atoms with van der Waals surface area (Å²) >= 11 is 0. The first kappa shape index (κ1) is 12.2. The normalized spacial score (nSPS) is 28.6. The van der Waals surface area contributed by atoms with Gasteiger partial charge >= 0.3 is 0 Å². The molecule has 2 saturated heterocycles. The zero-order valence-electron chi connectivity index (χ0n) is 11.8. The quantitative estimate of drug-likeness (QED) is 0.854. The zero-order chi connectivity index (χ0) is 12.8. The smallest absolute Gasteiger partial charge is 0.0641 e. The summed E-state index contributed by atoms with van der Waals surface area (Å²) in [5.41, 5.74) is 4.52. The van der Waals surface area contributed by atoms with Crippen LogP contribution < -0.4 is 5.32 Å². The van der Waals surface area contributed by atoms with Crippen molar-refractivity contribution >= 4 is 0 Å². The number of nitrogens with zero attached hydrogens (tertiary/aromatic N) is 3. The maximum Gasteiger partial charge on any atom is 0.0641 e. The molecule has 1 aromatic rings. The summed E-state index contributed by atoms with van der Waals surface area (Å²) in [6.45, 7) is 10.3. The molecule has 0 radical (unpaired) electrons. The van der Waals surface area contributed by atoms with Gasteiger partial charge in [-0.25, -0.2) is 0 Å². The Morgan fingerprint density at radius 1 is 1.33 bits per heavy atom. The molecule has 0 amide bonds. The minimum Gasteiger partial charge on any atom is -0.316 e. The fourth-order valence-electron chi connectivity index (χ4n) is 3.58. The molecule has 4 heteroatoms. The highest BCUT2D eigenvalue weighted by Crippen LogP contribution is 2.36. The maximum atomic E-state index is 4.52. The van der Waals surface area contributed by atoms with Gasteiger partial charge in [-0.15, -0.1) is 0 Å². The molecule has 18 heavy (non-hydrogen) atoms. The van der Waals surface area contributed by atoms with Crippen LogP contribution in [0.15, 0.2) is 0 Å². The molecule has 0 bridgehead atoms. The molecule has 1 aromatic heterocycles. The molecule has 0 aliphatic carbocycles. The van der Waals surface area contributed by atoms with Crippen molar-refractivity contribution in [1.29, 1.82) is 0 Å². The van der Waals surface area contributed by atoms with Gasteiger partial charge in [0.25, 0.3) is 0 Å². The predicted molar refractivity (Wildman–Crippen MR) is 72.5 cm³/mol. The van der Waals surface area contributed by atoms with E-state index in [9.17, 15) is 0 Å². The van der Waals surface area contributed by atoms with Gasteiger partial charge < -0.3 is 5.32 Å². The summed E-state index contributed by atoms with van der Waals surface area (Å²) in [6, 6.07) is 0. The third-order valence-electron chi connectivity index (χ3n) is 4.89. The van der Waals surface area contributed by atoms with Crippen LogP contribution in [0.25, 0.3) is 0 Å². The number of rotatable bonds is 2. The molecule has 3 heterocycles. The van der Waals surface area contributed by atoms with Gasteiger partial charge in [0.05, 0.1) is 5.69 Å². The number of likely N-dealkylation sites (tertiary alicyclic amines) is 1. The topological polar surface area (TPSA) is 33.1 Å². The van der Waals surface area contributed by atoms with Crippen LogP contribution in [0.5, 0.6) is 0 Å². The van der Waals surface area contributed by atoms with Crippen molar-refractivity contribution in [2.45, 2.75) is 33.2 Å². The first-order valence-corrected chi connectivity index (χ1v) is 7.02. The van der Waals surface area contributed by atoms with Crippen LogP contribution >= 0.6 is 0 Å². The van der Waals surface area contributed by atoms with E-state index in [1.54, 1.807) is 0 Å². The third kappa shape index (κ3) is 1.97. The molecular weight excluding hydrogens is 224 g/mol. The van der Waals surface area contributed by atoms with Crippen LogP contribution in [0.1, 0.15) is 29.8 Å². The minimum absolute atomic E-state index is 0.573. The summed E-state index contributed by atoms with van der Waals surface area (Å²) < 4.78 is 2.01. The predicted octanol–water partition coefficient (Wildman–Crippen LogP) is 1.22. The van der Waals surface area contributed by atoms with Gasteiger partial charge in [0.15, 0.2) is 0 Å².